The summed E-state index contributed by atoms with van der Waals surface area (Å²) in [5.41, 5.74) is 5.51. The number of nitrogens with zero attached hydrogens (tertiary/aromatic N) is 1. The highest BCUT2D eigenvalue weighted by Crippen LogP contribution is 2.61. The fourth-order valence-corrected chi connectivity index (χ4v) is 4.17. The number of hydrogen-bond donors (Lipinski definition) is 1. The Labute approximate surface area is 96.4 Å². The lowest BCUT2D eigenvalue weighted by Gasteiger charge is -2.39. The molecule has 0 saturated heterocycles. The summed E-state index contributed by atoms with van der Waals surface area (Å²) in [5.74, 6) is 0.129. The quantitative estimate of drug-likeness (QED) is 0.723. The maximum absolute atomic E-state index is 12.3. The molecule has 2 N–H and O–H groups in total. The van der Waals surface area contributed by atoms with Crippen molar-refractivity contribution >= 4 is 7.60 Å². The average molecular weight is 246 g/mol. The van der Waals surface area contributed by atoms with Gasteiger partial charge in [0, 0.05) is 0 Å². The highest BCUT2D eigenvalue weighted by Gasteiger charge is 2.46. The van der Waals surface area contributed by atoms with E-state index in [9.17, 15) is 4.57 Å². The van der Waals surface area contributed by atoms with Gasteiger partial charge in [0.15, 0.2) is 0 Å². The number of hydrogen-bond acceptors (Lipinski definition) is 5. The van der Waals surface area contributed by atoms with E-state index in [1.807, 2.05) is 6.07 Å². The summed E-state index contributed by atoms with van der Waals surface area (Å²) in [5, 5.41) is 8.66. The van der Waals surface area contributed by atoms with Crippen molar-refractivity contribution < 1.29 is 13.6 Å². The van der Waals surface area contributed by atoms with E-state index in [2.05, 4.69) is 0 Å². The van der Waals surface area contributed by atoms with Crippen LogP contribution in [0.3, 0.4) is 0 Å². The van der Waals surface area contributed by atoms with Crippen LogP contribution in [-0.2, 0) is 13.6 Å². The van der Waals surface area contributed by atoms with E-state index >= 15 is 0 Å². The maximum atomic E-state index is 12.3. The molecule has 0 amide bonds. The molecule has 92 valence electrons. The van der Waals surface area contributed by atoms with Crippen LogP contribution in [0.1, 0.15) is 26.7 Å². The third kappa shape index (κ3) is 2.83. The molecule has 1 rings (SSSR count). The van der Waals surface area contributed by atoms with Gasteiger partial charge in [0.2, 0.25) is 0 Å². The van der Waals surface area contributed by atoms with Crippen LogP contribution in [0.4, 0.5) is 0 Å². The number of nitriles is 1. The molecule has 1 aliphatic carbocycles. The van der Waals surface area contributed by atoms with Crippen molar-refractivity contribution in [2.24, 2.45) is 11.7 Å². The van der Waals surface area contributed by atoms with Gasteiger partial charge < -0.3 is 14.8 Å². The Morgan fingerprint density at radius 1 is 1.44 bits per heavy atom. The summed E-state index contributed by atoms with van der Waals surface area (Å²) in [6.45, 7) is 4.34. The fraction of sp³-hybridized carbons (Fsp3) is 0.900. The Balaban J connectivity index is 2.53. The third-order valence-electron chi connectivity index (χ3n) is 2.87. The molecule has 0 bridgehead atoms. The highest BCUT2D eigenvalue weighted by molar-refractivity contribution is 7.54. The summed E-state index contributed by atoms with van der Waals surface area (Å²) in [6.07, 6.45) is 1.32. The molecule has 0 aromatic rings. The molecule has 0 aliphatic heterocycles. The molecular weight excluding hydrogens is 227 g/mol. The fourth-order valence-electron chi connectivity index (χ4n) is 1.89. The van der Waals surface area contributed by atoms with Crippen LogP contribution in [0.2, 0.25) is 0 Å². The zero-order chi connectivity index (χ0) is 12.2. The Kier molecular flexibility index (Phi) is 4.94. The molecule has 1 saturated carbocycles. The van der Waals surface area contributed by atoms with Crippen LogP contribution in [0.5, 0.6) is 0 Å². The van der Waals surface area contributed by atoms with Gasteiger partial charge in [-0.1, -0.05) is 0 Å². The molecular formula is C10H19N2O3P. The lowest BCUT2D eigenvalue weighted by Crippen LogP contribution is -2.41. The summed E-state index contributed by atoms with van der Waals surface area (Å²) >= 11 is 0. The first-order valence-corrected chi connectivity index (χ1v) is 7.22. The van der Waals surface area contributed by atoms with Gasteiger partial charge in [-0.05, 0) is 32.6 Å². The van der Waals surface area contributed by atoms with Crippen LogP contribution in [0.25, 0.3) is 0 Å². The van der Waals surface area contributed by atoms with E-state index in [1.54, 1.807) is 13.8 Å². The topological polar surface area (TPSA) is 85.3 Å². The minimum Gasteiger partial charge on any atom is -0.316 e. The normalized spacial score (nSPS) is 26.9. The molecule has 0 aromatic carbocycles. The SMILES string of the molecule is CCOP(=O)(OCC)C1CC(C(N)C#N)C1. The molecule has 1 unspecified atom stereocenters. The minimum absolute atomic E-state index is 0.0863. The van der Waals surface area contributed by atoms with E-state index in [0.717, 1.165) is 0 Å². The van der Waals surface area contributed by atoms with Crippen LogP contribution >= 0.6 is 7.60 Å². The van der Waals surface area contributed by atoms with Crippen molar-refractivity contribution in [3.05, 3.63) is 0 Å². The number of nitrogens with two attached hydrogens (primary N) is 1. The first kappa shape index (κ1) is 13.7. The molecule has 0 heterocycles. The Hall–Kier alpha value is -0.400. The molecule has 1 atom stereocenters. The molecule has 1 aliphatic rings. The van der Waals surface area contributed by atoms with Crippen LogP contribution < -0.4 is 5.73 Å². The smallest absolute Gasteiger partial charge is 0.316 e. The monoisotopic (exact) mass is 246 g/mol. The highest BCUT2D eigenvalue weighted by atomic mass is 31.2. The Morgan fingerprint density at radius 3 is 2.31 bits per heavy atom. The molecule has 0 radical (unpaired) electrons. The van der Waals surface area contributed by atoms with Crippen molar-refractivity contribution in [1.82, 2.24) is 0 Å². The van der Waals surface area contributed by atoms with E-state index in [-0.39, 0.29) is 11.6 Å². The summed E-state index contributed by atoms with van der Waals surface area (Å²) < 4.78 is 22.8. The van der Waals surface area contributed by atoms with Gasteiger partial charge in [0.05, 0.1) is 31.0 Å². The van der Waals surface area contributed by atoms with Gasteiger partial charge >= 0.3 is 7.60 Å². The van der Waals surface area contributed by atoms with Crippen molar-refractivity contribution in [3.8, 4) is 6.07 Å². The van der Waals surface area contributed by atoms with Gasteiger partial charge in [-0.15, -0.1) is 0 Å². The van der Waals surface area contributed by atoms with Crippen molar-refractivity contribution in [1.29, 1.82) is 5.26 Å². The average Bonchev–Trinajstić information content (AvgIpc) is 2.15. The second-order valence-corrected chi connectivity index (χ2v) is 6.24. The standard InChI is InChI=1S/C10H19N2O3P/c1-3-14-16(13,15-4-2)9-5-8(6-9)10(12)7-11/h8-10H,3-6,12H2,1-2H3. The predicted molar refractivity (Wildman–Crippen MR) is 61.0 cm³/mol. The molecule has 16 heavy (non-hydrogen) atoms. The number of rotatable bonds is 6. The van der Waals surface area contributed by atoms with E-state index in [0.29, 0.717) is 26.1 Å². The molecule has 1 fully saturated rings. The van der Waals surface area contributed by atoms with Crippen molar-refractivity contribution in [2.45, 2.75) is 38.4 Å². The van der Waals surface area contributed by atoms with Crippen LogP contribution in [-0.4, -0.2) is 24.9 Å². The van der Waals surface area contributed by atoms with Crippen LogP contribution in [0, 0.1) is 17.2 Å². The van der Waals surface area contributed by atoms with E-state index < -0.39 is 13.6 Å². The molecule has 5 nitrogen and oxygen atoms in total. The van der Waals surface area contributed by atoms with Gasteiger partial charge in [0.1, 0.15) is 0 Å². The van der Waals surface area contributed by atoms with Gasteiger partial charge in [-0.3, -0.25) is 4.57 Å². The molecule has 6 heteroatoms. The summed E-state index contributed by atoms with van der Waals surface area (Å²) in [6, 6.07) is 1.54. The van der Waals surface area contributed by atoms with E-state index in [1.165, 1.54) is 0 Å². The second-order valence-electron chi connectivity index (χ2n) is 3.92. The minimum atomic E-state index is -2.98. The Morgan fingerprint density at radius 2 is 1.94 bits per heavy atom. The third-order valence-corrected chi connectivity index (χ3v) is 5.42. The van der Waals surface area contributed by atoms with Gasteiger partial charge in [-0.2, -0.15) is 5.26 Å². The lowest BCUT2D eigenvalue weighted by molar-refractivity contribution is 0.179. The van der Waals surface area contributed by atoms with Crippen molar-refractivity contribution in [3.63, 3.8) is 0 Å². The first-order valence-electron chi connectivity index (χ1n) is 5.61. The van der Waals surface area contributed by atoms with Gasteiger partial charge in [0.25, 0.3) is 0 Å². The maximum Gasteiger partial charge on any atom is 0.333 e. The summed E-state index contributed by atoms with van der Waals surface area (Å²) in [7, 11) is -2.98. The Bertz CT molecular complexity index is 300. The first-order chi connectivity index (χ1) is 7.57. The van der Waals surface area contributed by atoms with Crippen LogP contribution in [0.15, 0.2) is 0 Å². The zero-order valence-corrected chi connectivity index (χ0v) is 10.7. The largest absolute Gasteiger partial charge is 0.333 e. The summed E-state index contributed by atoms with van der Waals surface area (Å²) in [4.78, 5) is 0. The van der Waals surface area contributed by atoms with E-state index in [4.69, 9.17) is 20.0 Å². The molecule has 0 spiro atoms. The van der Waals surface area contributed by atoms with Gasteiger partial charge in [-0.25, -0.2) is 0 Å². The van der Waals surface area contributed by atoms with Crippen molar-refractivity contribution in [2.75, 3.05) is 13.2 Å². The predicted octanol–water partition coefficient (Wildman–Crippen LogP) is 1.88. The second kappa shape index (κ2) is 5.79. The molecule has 0 aromatic heterocycles. The lowest BCUT2D eigenvalue weighted by atomic mass is 9.80. The zero-order valence-electron chi connectivity index (χ0n) is 9.76.